The number of carboxylic acids is 2. The van der Waals surface area contributed by atoms with Crippen molar-refractivity contribution in [2.24, 2.45) is 10.6 Å². The molecule has 2 aliphatic heterocycles. The van der Waals surface area contributed by atoms with Gasteiger partial charge >= 0.3 is 11.9 Å². The van der Waals surface area contributed by atoms with Gasteiger partial charge in [-0.15, -0.1) is 28.2 Å². The Morgan fingerprint density at radius 3 is 1.71 bits per heavy atom. The Bertz CT molecular complexity index is 3070. The first-order valence-corrected chi connectivity index (χ1v) is 25.9. The average Bonchev–Trinajstić information content (AvgIpc) is 4.10. The van der Waals surface area contributed by atoms with Crippen LogP contribution in [-0.2, 0) is 41.7 Å². The zero-order chi connectivity index (χ0) is 50.4. The summed E-state index contributed by atoms with van der Waals surface area (Å²) in [4.78, 5) is 67.0. The summed E-state index contributed by atoms with van der Waals surface area (Å²) in [5.74, 6) is -3.51. The molecule has 2 fully saturated rings. The molecule has 4 heterocycles. The minimum Gasteiger partial charge on any atom is -0.481 e. The smallest absolute Gasteiger partial charge is 0.325 e. The lowest BCUT2D eigenvalue weighted by molar-refractivity contribution is -0.157. The van der Waals surface area contributed by atoms with Gasteiger partial charge in [-0.05, 0) is 27.1 Å². The predicted octanol–water partition coefficient (Wildman–Crippen LogP) is 7.59. The molecular weight excluding hydrogens is 983 g/mol. The van der Waals surface area contributed by atoms with E-state index in [2.05, 4.69) is 62.6 Å². The number of carbonyl (C=O) groups excluding carboxylic acids is 2. The van der Waals surface area contributed by atoms with Gasteiger partial charge in [0.25, 0.3) is 5.91 Å². The summed E-state index contributed by atoms with van der Waals surface area (Å²) in [6, 6.07) is 57.9. The van der Waals surface area contributed by atoms with Gasteiger partial charge in [-0.2, -0.15) is 0 Å². The van der Waals surface area contributed by atoms with Crippen LogP contribution in [0.5, 0.6) is 0 Å². The van der Waals surface area contributed by atoms with Crippen LogP contribution >= 0.6 is 34.9 Å². The number of amides is 2. The standard InChI is InChI=1S/C54H45N9O7S3/c64-43(65)31-63-51(58-60-61-63)73-35-52(49(68)69)33-62-47(67)45(48(62)72-34-52)56-46(66)44(59-70-54(39-25-13-4-14-26-39,40-27-15-5-16-28-40)41-29-17-6-18-30-41)42-32-71-50(55-42)57-53(36-19-7-1-8-20-36,37-21-9-2-10-22-37)38-23-11-3-12-24-38/h1-30,32,45,48H,31,33-35H2,(H,55,57)(H,56,66)(H,64,65)(H,68,69)/t45?,48-,52?/m1/s1. The van der Waals surface area contributed by atoms with E-state index in [0.717, 1.165) is 49.8 Å². The second-order valence-corrected chi connectivity index (χ2v) is 20.2. The van der Waals surface area contributed by atoms with Crippen molar-refractivity contribution in [1.29, 1.82) is 0 Å². The quantitative estimate of drug-likeness (QED) is 0.0202. The number of anilines is 1. The molecule has 3 atom stereocenters. The number of aromatic nitrogens is 5. The van der Waals surface area contributed by atoms with Crippen LogP contribution in [0.25, 0.3) is 0 Å². The molecule has 2 saturated heterocycles. The molecule has 16 nitrogen and oxygen atoms in total. The minimum absolute atomic E-state index is 0.0523. The van der Waals surface area contributed by atoms with Crippen LogP contribution in [0.15, 0.2) is 198 Å². The Hall–Kier alpha value is -8.13. The Labute approximate surface area is 431 Å². The van der Waals surface area contributed by atoms with E-state index in [9.17, 15) is 24.6 Å². The number of carboxylic acid groups (broad SMARTS) is 2. The number of nitrogens with one attached hydrogen (secondary N) is 2. The number of hydrogen-bond donors (Lipinski definition) is 4. The van der Waals surface area contributed by atoms with Gasteiger partial charge in [-0.3, -0.25) is 19.2 Å². The second kappa shape index (κ2) is 20.9. The normalized spacial score (nSPS) is 17.7. The van der Waals surface area contributed by atoms with Gasteiger partial charge in [0.15, 0.2) is 10.8 Å². The van der Waals surface area contributed by atoms with Gasteiger partial charge in [0.05, 0.1) is 0 Å². The van der Waals surface area contributed by atoms with Crippen LogP contribution in [0.3, 0.4) is 0 Å². The number of hydrogen-bond acceptors (Lipinski definition) is 14. The fraction of sp³-hybridized carbons (Fsp3) is 0.167. The molecule has 2 amide bonds. The van der Waals surface area contributed by atoms with Crippen molar-refractivity contribution >= 4 is 69.5 Å². The topological polar surface area (TPSA) is 214 Å². The van der Waals surface area contributed by atoms with Gasteiger partial charge < -0.3 is 30.6 Å². The van der Waals surface area contributed by atoms with Crippen LogP contribution in [0.1, 0.15) is 39.1 Å². The second-order valence-electron chi connectivity index (χ2n) is 17.3. The molecule has 10 rings (SSSR count). The molecule has 6 aromatic carbocycles. The van der Waals surface area contributed by atoms with Gasteiger partial charge in [-0.1, -0.05) is 199 Å². The van der Waals surface area contributed by atoms with E-state index >= 15 is 4.79 Å². The number of rotatable bonds is 19. The third kappa shape index (κ3) is 9.45. The van der Waals surface area contributed by atoms with Gasteiger partial charge in [0.1, 0.15) is 34.6 Å². The van der Waals surface area contributed by atoms with Crippen LogP contribution in [0.2, 0.25) is 0 Å². The molecule has 0 aliphatic carbocycles. The Morgan fingerprint density at radius 2 is 1.23 bits per heavy atom. The maximum absolute atomic E-state index is 15.1. The van der Waals surface area contributed by atoms with Crippen molar-refractivity contribution in [3.63, 3.8) is 0 Å². The number of carbonyl (C=O) groups is 4. The number of fused-ring (bicyclic) bond motifs is 1. The summed E-state index contributed by atoms with van der Waals surface area (Å²) in [7, 11) is 0. The largest absolute Gasteiger partial charge is 0.481 e. The summed E-state index contributed by atoms with van der Waals surface area (Å²) >= 11 is 3.50. The number of thioether (sulfide) groups is 2. The van der Waals surface area contributed by atoms with Crippen molar-refractivity contribution in [2.45, 2.75) is 34.3 Å². The first-order valence-electron chi connectivity index (χ1n) is 23.0. The molecule has 0 saturated carbocycles. The summed E-state index contributed by atoms with van der Waals surface area (Å²) in [6.45, 7) is -0.668. The molecule has 8 aromatic rings. The highest BCUT2D eigenvalue weighted by molar-refractivity contribution is 8.00. The first kappa shape index (κ1) is 48.5. The SMILES string of the molecule is O=C(O)Cn1nnnc1SCC1(C(=O)O)CS[C@@H]2C(NC(=O)C(=NOC(c3ccccc3)(c3ccccc3)c3ccccc3)c3csc(NC(c4ccccc4)(c4ccccc4)c4ccccc4)n3)C(=O)N2C1. The molecular formula is C54H45N9O7S3. The number of tetrazole rings is 1. The third-order valence-electron chi connectivity index (χ3n) is 12.8. The minimum atomic E-state index is -1.44. The number of nitrogens with zero attached hydrogens (tertiary/aromatic N) is 7. The van der Waals surface area contributed by atoms with E-state index in [1.807, 2.05) is 146 Å². The number of β-lactam (4-membered cyclic amide) rings is 1. The summed E-state index contributed by atoms with van der Waals surface area (Å²) in [5.41, 5.74) is 1.22. The molecule has 4 N–H and O–H groups in total. The molecule has 0 spiro atoms. The van der Waals surface area contributed by atoms with Crippen molar-refractivity contribution in [2.75, 3.05) is 23.4 Å². The van der Waals surface area contributed by atoms with Crippen LogP contribution in [0, 0.1) is 5.41 Å². The van der Waals surface area contributed by atoms with E-state index < -0.39 is 58.3 Å². The monoisotopic (exact) mass is 1030 g/mol. The number of oxime groups is 1. The number of aliphatic carboxylic acids is 2. The van der Waals surface area contributed by atoms with E-state index in [1.54, 1.807) is 5.38 Å². The highest BCUT2D eigenvalue weighted by Crippen LogP contribution is 2.46. The highest BCUT2D eigenvalue weighted by atomic mass is 32.2. The molecule has 0 radical (unpaired) electrons. The van der Waals surface area contributed by atoms with E-state index in [0.29, 0.717) is 5.13 Å². The fourth-order valence-electron chi connectivity index (χ4n) is 9.22. The molecule has 2 aromatic heterocycles. The van der Waals surface area contributed by atoms with Crippen LogP contribution < -0.4 is 10.6 Å². The maximum Gasteiger partial charge on any atom is 0.325 e. The van der Waals surface area contributed by atoms with Gasteiger partial charge in [0.2, 0.25) is 16.7 Å². The number of thiazole rings is 1. The summed E-state index contributed by atoms with van der Waals surface area (Å²) < 4.78 is 1.07. The van der Waals surface area contributed by atoms with Crippen molar-refractivity contribution in [3.05, 3.63) is 226 Å². The Balaban J connectivity index is 1.02. The zero-order valence-corrected chi connectivity index (χ0v) is 41.1. The Morgan fingerprint density at radius 1 is 0.740 bits per heavy atom. The van der Waals surface area contributed by atoms with Gasteiger partial charge in [-0.25, -0.2) is 9.67 Å². The lowest BCUT2D eigenvalue weighted by Gasteiger charge is -2.53. The lowest BCUT2D eigenvalue weighted by atomic mass is 9.77. The Kier molecular flexibility index (Phi) is 13.9. The zero-order valence-electron chi connectivity index (χ0n) is 38.7. The van der Waals surface area contributed by atoms with Crippen LogP contribution in [0.4, 0.5) is 5.13 Å². The molecule has 0 bridgehead atoms. The van der Waals surface area contributed by atoms with Crippen molar-refractivity contribution < 1.29 is 34.2 Å². The maximum atomic E-state index is 15.1. The molecule has 19 heteroatoms. The lowest BCUT2D eigenvalue weighted by Crippen LogP contribution is -2.74. The van der Waals surface area contributed by atoms with E-state index in [4.69, 9.17) is 15.0 Å². The predicted molar refractivity (Wildman–Crippen MR) is 278 cm³/mol. The molecule has 2 unspecified atom stereocenters. The summed E-state index contributed by atoms with van der Waals surface area (Å²) in [5, 5.41) is 44.2. The highest BCUT2D eigenvalue weighted by Gasteiger charge is 2.58. The number of benzene rings is 6. The van der Waals surface area contributed by atoms with Gasteiger partial charge in [0, 0.05) is 40.1 Å². The van der Waals surface area contributed by atoms with E-state index in [1.165, 1.54) is 28.0 Å². The van der Waals surface area contributed by atoms with E-state index in [-0.39, 0.29) is 34.6 Å². The van der Waals surface area contributed by atoms with Crippen molar-refractivity contribution in [3.8, 4) is 0 Å². The van der Waals surface area contributed by atoms with Crippen molar-refractivity contribution in [1.82, 2.24) is 35.4 Å². The molecule has 73 heavy (non-hydrogen) atoms. The summed E-state index contributed by atoms with van der Waals surface area (Å²) in [6.07, 6.45) is 0. The molecule has 2 aliphatic rings. The van der Waals surface area contributed by atoms with Crippen LogP contribution in [-0.4, -0.2) is 99.2 Å². The average molecular weight is 1030 g/mol. The molecule has 366 valence electrons. The first-order chi connectivity index (χ1) is 35.6. The fourth-order valence-corrected chi connectivity index (χ4v) is 12.7. The third-order valence-corrected chi connectivity index (χ3v) is 16.4.